The molecule has 0 spiro atoms. The highest BCUT2D eigenvalue weighted by atomic mass is 31.2. The summed E-state index contributed by atoms with van der Waals surface area (Å²) in [6, 6.07) is 0. The van der Waals surface area contributed by atoms with Crippen molar-refractivity contribution in [1.82, 2.24) is 0 Å². The minimum Gasteiger partial charge on any atom is -0.502 e. The van der Waals surface area contributed by atoms with Gasteiger partial charge in [-0.2, -0.15) is 0 Å². The first-order chi connectivity index (χ1) is 5.56. The van der Waals surface area contributed by atoms with Crippen molar-refractivity contribution in [3.05, 3.63) is 12.3 Å². The van der Waals surface area contributed by atoms with Crippen molar-refractivity contribution in [1.29, 1.82) is 0 Å². The molecule has 0 aliphatic carbocycles. The number of rotatable bonds is 6. The molecule has 0 aliphatic heterocycles. The molecule has 0 heterocycles. The second-order valence-corrected chi connectivity index (χ2v) is 4.17. The summed E-state index contributed by atoms with van der Waals surface area (Å²) < 4.78 is 15.3. The molecule has 0 fully saturated rings. The molecule has 0 saturated heterocycles. The van der Waals surface area contributed by atoms with Gasteiger partial charge in [-0.15, -0.1) is 0 Å². The van der Waals surface area contributed by atoms with E-state index in [1.54, 1.807) is 6.26 Å². The van der Waals surface area contributed by atoms with Crippen molar-refractivity contribution in [2.24, 2.45) is 0 Å². The molecule has 0 atom stereocenters. The Kier molecular flexibility index (Phi) is 6.07. The van der Waals surface area contributed by atoms with Gasteiger partial charge < -0.3 is 14.5 Å². The Labute approximate surface area is 72.4 Å². The third-order valence-corrected chi connectivity index (χ3v) is 2.04. The molecule has 5 heteroatoms. The quantitative estimate of drug-likeness (QED) is 0.382. The van der Waals surface area contributed by atoms with Crippen LogP contribution in [0.2, 0.25) is 0 Å². The summed E-state index contributed by atoms with van der Waals surface area (Å²) in [5.41, 5.74) is 0. The third-order valence-electron chi connectivity index (χ3n) is 1.14. The van der Waals surface area contributed by atoms with Gasteiger partial charge in [0.1, 0.15) is 0 Å². The molecule has 4 nitrogen and oxygen atoms in total. The third kappa shape index (κ3) is 9.69. The zero-order chi connectivity index (χ0) is 9.45. The summed E-state index contributed by atoms with van der Waals surface area (Å²) in [5.74, 6) is 0. The van der Waals surface area contributed by atoms with E-state index in [2.05, 4.69) is 0 Å². The number of allylic oxidation sites excluding steroid dienone is 1. The van der Waals surface area contributed by atoms with Crippen LogP contribution in [0.25, 0.3) is 0 Å². The van der Waals surface area contributed by atoms with Gasteiger partial charge in [-0.05, 0) is 12.8 Å². The van der Waals surface area contributed by atoms with E-state index in [1.165, 1.54) is 0 Å². The molecule has 2 N–H and O–H groups in total. The summed E-state index contributed by atoms with van der Waals surface area (Å²) in [4.78, 5) is 16.9. The first-order valence-electron chi connectivity index (χ1n) is 3.87. The molecule has 0 aromatic heterocycles. The van der Waals surface area contributed by atoms with Crippen LogP contribution >= 0.6 is 7.60 Å². The standard InChI is InChI=1S/C7H15O4P/c1-2-3-5-11-6-4-7-12(8,9)10/h3,5H,2,4,6-7H2,1H3,(H2,8,9,10)/b5-3+. The second-order valence-electron chi connectivity index (χ2n) is 2.39. The zero-order valence-electron chi connectivity index (χ0n) is 7.14. The van der Waals surface area contributed by atoms with E-state index in [9.17, 15) is 4.57 Å². The first kappa shape index (κ1) is 11.7. The largest absolute Gasteiger partial charge is 0.502 e. The first-order valence-corrected chi connectivity index (χ1v) is 5.67. The lowest BCUT2D eigenvalue weighted by Crippen LogP contribution is -1.93. The Morgan fingerprint density at radius 1 is 1.50 bits per heavy atom. The van der Waals surface area contributed by atoms with Crippen LogP contribution in [0.1, 0.15) is 19.8 Å². The summed E-state index contributed by atoms with van der Waals surface area (Å²) in [5, 5.41) is 0. The fourth-order valence-corrected chi connectivity index (χ4v) is 1.13. The Morgan fingerprint density at radius 3 is 2.67 bits per heavy atom. The number of hydrogen-bond acceptors (Lipinski definition) is 2. The van der Waals surface area contributed by atoms with E-state index in [0.29, 0.717) is 13.0 Å². The van der Waals surface area contributed by atoms with Gasteiger partial charge in [0.15, 0.2) is 0 Å². The summed E-state index contributed by atoms with van der Waals surface area (Å²) in [6.07, 6.45) is 4.58. The minimum atomic E-state index is -3.83. The molecular weight excluding hydrogens is 179 g/mol. The van der Waals surface area contributed by atoms with Crippen LogP contribution in [0, 0.1) is 0 Å². The SMILES string of the molecule is CC/C=C/OCCCP(=O)(O)O. The molecule has 0 aromatic carbocycles. The van der Waals surface area contributed by atoms with Gasteiger partial charge >= 0.3 is 7.60 Å². The lowest BCUT2D eigenvalue weighted by Gasteiger charge is -2.02. The molecule has 0 bridgehead atoms. The highest BCUT2D eigenvalue weighted by Gasteiger charge is 2.10. The van der Waals surface area contributed by atoms with Crippen molar-refractivity contribution >= 4 is 7.60 Å². The molecule has 0 rings (SSSR count). The summed E-state index contributed by atoms with van der Waals surface area (Å²) in [6.45, 7) is 2.34. The van der Waals surface area contributed by atoms with E-state index in [4.69, 9.17) is 14.5 Å². The minimum absolute atomic E-state index is 0.104. The second kappa shape index (κ2) is 6.23. The number of ether oxygens (including phenoxy) is 1. The van der Waals surface area contributed by atoms with Crippen molar-refractivity contribution < 1.29 is 19.1 Å². The number of hydrogen-bond donors (Lipinski definition) is 2. The van der Waals surface area contributed by atoms with Crippen molar-refractivity contribution in [2.75, 3.05) is 12.8 Å². The van der Waals surface area contributed by atoms with E-state index < -0.39 is 7.60 Å². The van der Waals surface area contributed by atoms with E-state index in [1.807, 2.05) is 13.0 Å². The monoisotopic (exact) mass is 194 g/mol. The fourth-order valence-electron chi connectivity index (χ4n) is 0.586. The predicted molar refractivity (Wildman–Crippen MR) is 46.9 cm³/mol. The lowest BCUT2D eigenvalue weighted by molar-refractivity contribution is 0.246. The van der Waals surface area contributed by atoms with Crippen LogP contribution in [-0.2, 0) is 9.30 Å². The van der Waals surface area contributed by atoms with Gasteiger partial charge in [-0.25, -0.2) is 0 Å². The summed E-state index contributed by atoms with van der Waals surface area (Å²) >= 11 is 0. The van der Waals surface area contributed by atoms with Gasteiger partial charge in [-0.3, -0.25) is 4.57 Å². The van der Waals surface area contributed by atoms with Gasteiger partial charge in [0, 0.05) is 0 Å². The van der Waals surface area contributed by atoms with Crippen LogP contribution in [0.4, 0.5) is 0 Å². The van der Waals surface area contributed by atoms with Crippen LogP contribution < -0.4 is 0 Å². The summed E-state index contributed by atoms with van der Waals surface area (Å²) in [7, 11) is -3.83. The molecule has 0 aromatic rings. The fraction of sp³-hybridized carbons (Fsp3) is 0.714. The van der Waals surface area contributed by atoms with Gasteiger partial charge in [0.05, 0.1) is 19.0 Å². The Bertz CT molecular complexity index is 172. The average molecular weight is 194 g/mol. The molecule has 72 valence electrons. The highest BCUT2D eigenvalue weighted by molar-refractivity contribution is 7.51. The zero-order valence-corrected chi connectivity index (χ0v) is 8.04. The van der Waals surface area contributed by atoms with Gasteiger partial charge in [-0.1, -0.05) is 13.0 Å². The van der Waals surface area contributed by atoms with Crippen LogP contribution in [0.3, 0.4) is 0 Å². The Morgan fingerprint density at radius 2 is 2.17 bits per heavy atom. The average Bonchev–Trinajstić information content (AvgIpc) is 1.94. The Balaban J connectivity index is 3.22. The maximum atomic E-state index is 10.3. The normalized spacial score (nSPS) is 12.2. The molecular formula is C7H15O4P. The van der Waals surface area contributed by atoms with Gasteiger partial charge in [0.25, 0.3) is 0 Å². The molecule has 0 unspecified atom stereocenters. The molecule has 0 amide bonds. The lowest BCUT2D eigenvalue weighted by atomic mass is 10.5. The van der Waals surface area contributed by atoms with Crippen molar-refractivity contribution in [2.45, 2.75) is 19.8 Å². The topological polar surface area (TPSA) is 66.8 Å². The van der Waals surface area contributed by atoms with E-state index in [-0.39, 0.29) is 6.16 Å². The van der Waals surface area contributed by atoms with E-state index >= 15 is 0 Å². The van der Waals surface area contributed by atoms with Crippen LogP contribution in [0.15, 0.2) is 12.3 Å². The van der Waals surface area contributed by atoms with Gasteiger partial charge in [0.2, 0.25) is 0 Å². The molecule has 0 aliphatic rings. The maximum Gasteiger partial charge on any atom is 0.325 e. The highest BCUT2D eigenvalue weighted by Crippen LogP contribution is 2.34. The smallest absolute Gasteiger partial charge is 0.325 e. The van der Waals surface area contributed by atoms with Crippen molar-refractivity contribution in [3.8, 4) is 0 Å². The van der Waals surface area contributed by atoms with Crippen molar-refractivity contribution in [3.63, 3.8) is 0 Å². The predicted octanol–water partition coefficient (Wildman–Crippen LogP) is 1.49. The molecule has 0 radical (unpaired) electrons. The van der Waals surface area contributed by atoms with E-state index in [0.717, 1.165) is 6.42 Å². The van der Waals surface area contributed by atoms with Crippen LogP contribution in [-0.4, -0.2) is 22.6 Å². The molecule has 0 saturated carbocycles. The molecule has 12 heavy (non-hydrogen) atoms. The Hall–Kier alpha value is -0.310. The van der Waals surface area contributed by atoms with Crippen LogP contribution in [0.5, 0.6) is 0 Å². The maximum absolute atomic E-state index is 10.3.